The van der Waals surface area contributed by atoms with E-state index in [4.69, 9.17) is 4.42 Å². The average Bonchev–Trinajstić information content (AvgIpc) is 2.90. The molecule has 0 bridgehead atoms. The number of anilines is 1. The molecule has 1 aromatic carbocycles. The van der Waals surface area contributed by atoms with Crippen LogP contribution in [0.5, 0.6) is 0 Å². The normalized spacial score (nSPS) is 11.4. The zero-order valence-corrected chi connectivity index (χ0v) is 10.7. The fourth-order valence-corrected chi connectivity index (χ4v) is 2.46. The molecular formula is C12H14N2O3S. The zero-order valence-electron chi connectivity index (χ0n) is 9.88. The molecule has 0 radical (unpaired) electrons. The molecule has 0 aliphatic rings. The summed E-state index contributed by atoms with van der Waals surface area (Å²) in [5.74, 6) is 0.574. The Kier molecular flexibility index (Phi) is 3.69. The van der Waals surface area contributed by atoms with Crippen LogP contribution in [-0.2, 0) is 16.6 Å². The Hall–Kier alpha value is -1.79. The Morgan fingerprint density at radius 3 is 2.44 bits per heavy atom. The number of nitrogens with one attached hydrogen (secondary N) is 2. The lowest BCUT2D eigenvalue weighted by Gasteiger charge is -2.06. The van der Waals surface area contributed by atoms with E-state index in [2.05, 4.69) is 10.0 Å². The van der Waals surface area contributed by atoms with E-state index >= 15 is 0 Å². The highest BCUT2D eigenvalue weighted by atomic mass is 32.2. The van der Waals surface area contributed by atoms with Crippen molar-refractivity contribution in [1.82, 2.24) is 4.72 Å². The Labute approximate surface area is 106 Å². The summed E-state index contributed by atoms with van der Waals surface area (Å²) in [4.78, 5) is 0.230. The van der Waals surface area contributed by atoms with Gasteiger partial charge in [-0.15, -0.1) is 0 Å². The number of hydrogen-bond acceptors (Lipinski definition) is 4. The van der Waals surface area contributed by atoms with Gasteiger partial charge < -0.3 is 9.73 Å². The van der Waals surface area contributed by atoms with E-state index < -0.39 is 10.0 Å². The van der Waals surface area contributed by atoms with Crippen LogP contribution >= 0.6 is 0 Å². The Bertz CT molecular complexity index is 589. The fraction of sp³-hybridized carbons (Fsp3) is 0.167. The van der Waals surface area contributed by atoms with E-state index in [0.29, 0.717) is 5.76 Å². The quantitative estimate of drug-likeness (QED) is 0.865. The molecule has 0 spiro atoms. The van der Waals surface area contributed by atoms with Crippen molar-refractivity contribution >= 4 is 15.7 Å². The number of rotatable bonds is 5. The molecule has 0 amide bonds. The van der Waals surface area contributed by atoms with Crippen LogP contribution in [0.1, 0.15) is 5.76 Å². The molecule has 0 aliphatic carbocycles. The van der Waals surface area contributed by atoms with Crippen LogP contribution < -0.4 is 10.0 Å². The Balaban J connectivity index is 2.09. The summed E-state index contributed by atoms with van der Waals surface area (Å²) in [7, 11) is -1.72. The lowest BCUT2D eigenvalue weighted by molar-refractivity contribution is 0.498. The smallest absolute Gasteiger partial charge is 0.240 e. The molecule has 1 heterocycles. The van der Waals surface area contributed by atoms with Crippen LogP contribution in [0.3, 0.4) is 0 Å². The van der Waals surface area contributed by atoms with E-state index in [-0.39, 0.29) is 11.4 Å². The van der Waals surface area contributed by atoms with Gasteiger partial charge in [0.2, 0.25) is 10.0 Å². The number of furan rings is 1. The molecular weight excluding hydrogens is 252 g/mol. The van der Waals surface area contributed by atoms with Crippen molar-refractivity contribution in [2.45, 2.75) is 11.4 Å². The number of hydrogen-bond donors (Lipinski definition) is 2. The predicted molar refractivity (Wildman–Crippen MR) is 68.7 cm³/mol. The first-order chi connectivity index (χ1) is 8.62. The molecule has 6 heteroatoms. The summed E-state index contributed by atoms with van der Waals surface area (Å²) in [6.07, 6.45) is 1.51. The van der Waals surface area contributed by atoms with Gasteiger partial charge in [0.1, 0.15) is 5.76 Å². The van der Waals surface area contributed by atoms with Gasteiger partial charge in [-0.25, -0.2) is 13.1 Å². The second kappa shape index (κ2) is 5.24. The maximum absolute atomic E-state index is 12.0. The largest absolute Gasteiger partial charge is 0.468 e. The third-order valence-corrected chi connectivity index (χ3v) is 3.89. The van der Waals surface area contributed by atoms with Crippen LogP contribution in [-0.4, -0.2) is 15.5 Å². The minimum Gasteiger partial charge on any atom is -0.468 e. The van der Waals surface area contributed by atoms with Crippen molar-refractivity contribution in [3.63, 3.8) is 0 Å². The maximum atomic E-state index is 12.0. The van der Waals surface area contributed by atoms with Crippen molar-refractivity contribution in [1.29, 1.82) is 0 Å². The molecule has 0 fully saturated rings. The van der Waals surface area contributed by atoms with Gasteiger partial charge in [-0.2, -0.15) is 0 Å². The molecule has 96 valence electrons. The highest BCUT2D eigenvalue weighted by molar-refractivity contribution is 7.89. The van der Waals surface area contributed by atoms with Crippen molar-refractivity contribution in [2.75, 3.05) is 12.4 Å². The summed E-state index contributed by atoms with van der Waals surface area (Å²) < 4.78 is 31.4. The summed E-state index contributed by atoms with van der Waals surface area (Å²) in [5.41, 5.74) is 0.861. The Morgan fingerprint density at radius 2 is 1.89 bits per heavy atom. The molecule has 0 unspecified atom stereocenters. The van der Waals surface area contributed by atoms with E-state index in [1.165, 1.54) is 6.26 Å². The molecule has 0 saturated heterocycles. The molecule has 0 aliphatic heterocycles. The summed E-state index contributed by atoms with van der Waals surface area (Å²) in [6.45, 7) is 0.142. The molecule has 2 rings (SSSR count). The average molecular weight is 266 g/mol. The van der Waals surface area contributed by atoms with E-state index in [9.17, 15) is 8.42 Å². The fourth-order valence-electron chi connectivity index (χ4n) is 1.46. The topological polar surface area (TPSA) is 71.3 Å². The SMILES string of the molecule is CNc1ccc(S(=O)(=O)NCc2ccco2)cc1. The summed E-state index contributed by atoms with van der Waals surface area (Å²) in [5, 5.41) is 2.93. The first-order valence-corrected chi connectivity index (χ1v) is 6.90. The van der Waals surface area contributed by atoms with E-state index in [1.54, 1.807) is 43.4 Å². The van der Waals surface area contributed by atoms with Gasteiger partial charge in [-0.05, 0) is 36.4 Å². The Morgan fingerprint density at radius 1 is 1.17 bits per heavy atom. The minimum atomic E-state index is -3.50. The van der Waals surface area contributed by atoms with Crippen molar-refractivity contribution in [3.05, 3.63) is 48.4 Å². The predicted octanol–water partition coefficient (Wildman–Crippen LogP) is 1.80. The van der Waals surface area contributed by atoms with Gasteiger partial charge in [-0.3, -0.25) is 0 Å². The lowest BCUT2D eigenvalue weighted by atomic mass is 10.3. The highest BCUT2D eigenvalue weighted by Gasteiger charge is 2.13. The second-order valence-electron chi connectivity index (χ2n) is 3.68. The van der Waals surface area contributed by atoms with Crippen LogP contribution in [0.25, 0.3) is 0 Å². The number of sulfonamides is 1. The van der Waals surface area contributed by atoms with Gasteiger partial charge in [0.05, 0.1) is 17.7 Å². The van der Waals surface area contributed by atoms with Crippen LogP contribution in [0.15, 0.2) is 52.0 Å². The van der Waals surface area contributed by atoms with Gasteiger partial charge >= 0.3 is 0 Å². The van der Waals surface area contributed by atoms with Gasteiger partial charge in [0, 0.05) is 12.7 Å². The molecule has 2 aromatic rings. The lowest BCUT2D eigenvalue weighted by Crippen LogP contribution is -2.22. The van der Waals surface area contributed by atoms with Crippen LogP contribution in [0.4, 0.5) is 5.69 Å². The first kappa shape index (κ1) is 12.7. The third-order valence-electron chi connectivity index (χ3n) is 2.47. The summed E-state index contributed by atoms with van der Waals surface area (Å²) >= 11 is 0. The second-order valence-corrected chi connectivity index (χ2v) is 5.45. The third kappa shape index (κ3) is 2.91. The van der Waals surface area contributed by atoms with E-state index in [0.717, 1.165) is 5.69 Å². The van der Waals surface area contributed by atoms with Crippen molar-refractivity contribution < 1.29 is 12.8 Å². The first-order valence-electron chi connectivity index (χ1n) is 5.42. The van der Waals surface area contributed by atoms with Crippen LogP contribution in [0.2, 0.25) is 0 Å². The maximum Gasteiger partial charge on any atom is 0.240 e. The van der Waals surface area contributed by atoms with Crippen molar-refractivity contribution in [2.24, 2.45) is 0 Å². The number of benzene rings is 1. The highest BCUT2D eigenvalue weighted by Crippen LogP contribution is 2.13. The van der Waals surface area contributed by atoms with Gasteiger partial charge in [-0.1, -0.05) is 0 Å². The standard InChI is InChI=1S/C12H14N2O3S/c1-13-10-4-6-12(7-5-10)18(15,16)14-9-11-3-2-8-17-11/h2-8,13-14H,9H2,1H3. The van der Waals surface area contributed by atoms with Crippen LogP contribution in [0, 0.1) is 0 Å². The molecule has 1 aromatic heterocycles. The summed E-state index contributed by atoms with van der Waals surface area (Å²) in [6, 6.07) is 9.95. The molecule has 2 N–H and O–H groups in total. The molecule has 0 atom stereocenters. The molecule has 5 nitrogen and oxygen atoms in total. The van der Waals surface area contributed by atoms with Gasteiger partial charge in [0.15, 0.2) is 0 Å². The van der Waals surface area contributed by atoms with Crippen molar-refractivity contribution in [3.8, 4) is 0 Å². The zero-order chi connectivity index (χ0) is 13.0. The monoisotopic (exact) mass is 266 g/mol. The molecule has 18 heavy (non-hydrogen) atoms. The minimum absolute atomic E-state index is 0.142. The van der Waals surface area contributed by atoms with Gasteiger partial charge in [0.25, 0.3) is 0 Å². The van der Waals surface area contributed by atoms with E-state index in [1.807, 2.05) is 0 Å². The molecule has 0 saturated carbocycles.